The van der Waals surface area contributed by atoms with Gasteiger partial charge in [0.15, 0.2) is 6.10 Å². The van der Waals surface area contributed by atoms with Gasteiger partial charge in [-0.2, -0.15) is 0 Å². The SMILES string of the molecule is CC/C=C\C/C=C\C/C=C\C/C=C\CCCCCCCCCCCCCCCCC(=O)OCC(COC(=O)CCCCCCCCCCCCCCC)OC(=O)CCCCCCCC/C=C\C/C=C\C/C=C\CCCCC. The molecule has 77 heavy (non-hydrogen) atoms. The summed E-state index contributed by atoms with van der Waals surface area (Å²) in [5, 5.41) is 0. The van der Waals surface area contributed by atoms with Crippen LogP contribution < -0.4 is 0 Å². The quantitative estimate of drug-likeness (QED) is 0.0261. The summed E-state index contributed by atoms with van der Waals surface area (Å²) in [5.41, 5.74) is 0. The van der Waals surface area contributed by atoms with Crippen LogP contribution in [0.5, 0.6) is 0 Å². The van der Waals surface area contributed by atoms with Crippen molar-refractivity contribution in [2.24, 2.45) is 0 Å². The van der Waals surface area contributed by atoms with E-state index in [0.717, 1.165) is 109 Å². The first kappa shape index (κ1) is 73.6. The molecule has 0 amide bonds. The maximum atomic E-state index is 12.9. The Morgan fingerprint density at radius 1 is 0.273 bits per heavy atom. The summed E-state index contributed by atoms with van der Waals surface area (Å²) in [6, 6.07) is 0. The molecule has 0 N–H and O–H groups in total. The smallest absolute Gasteiger partial charge is 0.306 e. The molecular formula is C71H124O6. The second-order valence-corrected chi connectivity index (χ2v) is 22.0. The lowest BCUT2D eigenvalue weighted by Crippen LogP contribution is -2.30. The first-order chi connectivity index (χ1) is 38.0. The minimum atomic E-state index is -0.783. The highest BCUT2D eigenvalue weighted by Crippen LogP contribution is 2.17. The summed E-state index contributed by atoms with van der Waals surface area (Å²) in [6.45, 7) is 6.53. The van der Waals surface area contributed by atoms with Crippen molar-refractivity contribution in [3.63, 3.8) is 0 Å². The molecule has 0 aromatic heterocycles. The Balaban J connectivity index is 4.28. The average Bonchev–Trinajstić information content (AvgIpc) is 3.43. The molecule has 0 saturated heterocycles. The largest absolute Gasteiger partial charge is 0.462 e. The highest BCUT2D eigenvalue weighted by atomic mass is 16.6. The fourth-order valence-corrected chi connectivity index (χ4v) is 9.44. The van der Waals surface area contributed by atoms with Crippen LogP contribution >= 0.6 is 0 Å². The molecule has 1 unspecified atom stereocenters. The lowest BCUT2D eigenvalue weighted by molar-refractivity contribution is -0.167. The van der Waals surface area contributed by atoms with Crippen LogP contribution in [0.1, 0.15) is 329 Å². The zero-order valence-corrected chi connectivity index (χ0v) is 51.0. The minimum Gasteiger partial charge on any atom is -0.462 e. The zero-order chi connectivity index (χ0) is 55.7. The molecule has 0 aromatic rings. The molecule has 0 spiro atoms. The highest BCUT2D eigenvalue weighted by Gasteiger charge is 2.19. The van der Waals surface area contributed by atoms with Gasteiger partial charge in [0.25, 0.3) is 0 Å². The standard InChI is InChI=1S/C71H124O6/c1-4-7-10-13-16-19-22-25-27-29-31-32-33-34-35-36-37-38-40-41-43-46-49-52-55-58-61-64-70(73)76-67-68(66-75-69(72)63-60-57-54-51-48-45-24-21-18-15-12-9-6-3)77-71(74)65-62-59-56-53-50-47-44-42-39-30-28-26-23-20-17-14-11-8-5-2/h7,10,16-17,19-20,25-28,31-32,39,42,68H,4-6,8-9,11-15,18,21-24,29-30,33-38,40-41,43-67H2,1-3H3/b10-7-,19-16-,20-17-,27-25-,28-26-,32-31-,42-39-. The molecule has 444 valence electrons. The van der Waals surface area contributed by atoms with Gasteiger partial charge < -0.3 is 14.2 Å². The number of hydrogen-bond donors (Lipinski definition) is 0. The minimum absolute atomic E-state index is 0.0780. The van der Waals surface area contributed by atoms with Gasteiger partial charge in [-0.05, 0) is 96.3 Å². The van der Waals surface area contributed by atoms with E-state index in [2.05, 4.69) is 106 Å². The third-order valence-electron chi connectivity index (χ3n) is 14.4. The van der Waals surface area contributed by atoms with E-state index in [1.807, 2.05) is 0 Å². The molecule has 0 radical (unpaired) electrons. The van der Waals surface area contributed by atoms with E-state index in [1.54, 1.807) is 0 Å². The van der Waals surface area contributed by atoms with Gasteiger partial charge in [-0.1, -0.05) is 298 Å². The predicted octanol–water partition coefficient (Wildman–Crippen LogP) is 22.7. The van der Waals surface area contributed by atoms with E-state index in [4.69, 9.17) is 14.2 Å². The molecule has 1 atom stereocenters. The average molecular weight is 1070 g/mol. The first-order valence-electron chi connectivity index (χ1n) is 33.1. The third-order valence-corrected chi connectivity index (χ3v) is 14.4. The van der Waals surface area contributed by atoms with Crippen molar-refractivity contribution >= 4 is 17.9 Å². The number of rotatable bonds is 60. The molecule has 6 nitrogen and oxygen atoms in total. The van der Waals surface area contributed by atoms with Gasteiger partial charge in [-0.3, -0.25) is 14.4 Å². The Hall–Kier alpha value is -3.41. The van der Waals surface area contributed by atoms with Crippen molar-refractivity contribution in [1.82, 2.24) is 0 Å². The monoisotopic (exact) mass is 1070 g/mol. The second kappa shape index (κ2) is 65.1. The van der Waals surface area contributed by atoms with Crippen LogP contribution in [0.15, 0.2) is 85.1 Å². The number of carbonyl (C=O) groups is 3. The van der Waals surface area contributed by atoms with E-state index in [9.17, 15) is 14.4 Å². The van der Waals surface area contributed by atoms with Gasteiger partial charge in [-0.25, -0.2) is 0 Å². The van der Waals surface area contributed by atoms with E-state index in [0.29, 0.717) is 19.3 Å². The van der Waals surface area contributed by atoms with Crippen LogP contribution in [0.4, 0.5) is 0 Å². The van der Waals surface area contributed by atoms with Crippen molar-refractivity contribution in [3.8, 4) is 0 Å². The van der Waals surface area contributed by atoms with Gasteiger partial charge in [0.1, 0.15) is 13.2 Å². The highest BCUT2D eigenvalue weighted by molar-refractivity contribution is 5.71. The summed E-state index contributed by atoms with van der Waals surface area (Å²) in [4.78, 5) is 38.3. The maximum Gasteiger partial charge on any atom is 0.306 e. The number of ether oxygens (including phenoxy) is 3. The molecule has 0 saturated carbocycles. The Labute approximate surface area is 477 Å². The Kier molecular flexibility index (Phi) is 62.2. The normalized spacial score (nSPS) is 12.6. The number of esters is 3. The predicted molar refractivity (Wildman–Crippen MR) is 334 cm³/mol. The lowest BCUT2D eigenvalue weighted by Gasteiger charge is -2.18. The van der Waals surface area contributed by atoms with Crippen molar-refractivity contribution in [1.29, 1.82) is 0 Å². The number of allylic oxidation sites excluding steroid dienone is 14. The van der Waals surface area contributed by atoms with Gasteiger partial charge in [0, 0.05) is 19.3 Å². The number of unbranched alkanes of at least 4 members (excludes halogenated alkanes) is 35. The van der Waals surface area contributed by atoms with Crippen LogP contribution in [0.25, 0.3) is 0 Å². The van der Waals surface area contributed by atoms with Gasteiger partial charge in [0.05, 0.1) is 0 Å². The van der Waals surface area contributed by atoms with Crippen LogP contribution in [-0.2, 0) is 28.6 Å². The molecule has 0 heterocycles. The number of hydrogen-bond acceptors (Lipinski definition) is 6. The number of carbonyl (C=O) groups excluding carboxylic acids is 3. The van der Waals surface area contributed by atoms with Gasteiger partial charge >= 0.3 is 17.9 Å². The summed E-state index contributed by atoms with van der Waals surface area (Å²) in [5.74, 6) is -0.876. The molecule has 0 fully saturated rings. The molecular weight excluding hydrogens is 949 g/mol. The van der Waals surface area contributed by atoms with Gasteiger partial charge in [0.2, 0.25) is 0 Å². The fraction of sp³-hybridized carbons (Fsp3) is 0.761. The molecule has 0 rings (SSSR count). The van der Waals surface area contributed by atoms with E-state index in [1.165, 1.54) is 180 Å². The molecule has 0 bridgehead atoms. The molecule has 0 aliphatic rings. The van der Waals surface area contributed by atoms with Crippen molar-refractivity contribution < 1.29 is 28.6 Å². The van der Waals surface area contributed by atoms with Crippen molar-refractivity contribution in [3.05, 3.63) is 85.1 Å². The van der Waals surface area contributed by atoms with E-state index < -0.39 is 6.10 Å². The topological polar surface area (TPSA) is 78.9 Å². The second-order valence-electron chi connectivity index (χ2n) is 22.0. The van der Waals surface area contributed by atoms with Crippen LogP contribution in [0.2, 0.25) is 0 Å². The van der Waals surface area contributed by atoms with E-state index >= 15 is 0 Å². The van der Waals surface area contributed by atoms with Crippen LogP contribution in [-0.4, -0.2) is 37.2 Å². The fourth-order valence-electron chi connectivity index (χ4n) is 9.44. The Morgan fingerprint density at radius 3 is 0.818 bits per heavy atom. The van der Waals surface area contributed by atoms with E-state index in [-0.39, 0.29) is 31.1 Å². The lowest BCUT2D eigenvalue weighted by atomic mass is 10.0. The third kappa shape index (κ3) is 63.3. The Bertz CT molecular complexity index is 1470. The molecule has 0 aliphatic heterocycles. The molecule has 0 aliphatic carbocycles. The first-order valence-corrected chi connectivity index (χ1v) is 33.1. The van der Waals surface area contributed by atoms with Crippen LogP contribution in [0, 0.1) is 0 Å². The summed E-state index contributed by atoms with van der Waals surface area (Å²) in [7, 11) is 0. The maximum absolute atomic E-state index is 12.9. The Morgan fingerprint density at radius 2 is 0.506 bits per heavy atom. The molecule has 6 heteroatoms. The zero-order valence-electron chi connectivity index (χ0n) is 51.0. The summed E-state index contributed by atoms with van der Waals surface area (Å²) >= 11 is 0. The van der Waals surface area contributed by atoms with Crippen LogP contribution in [0.3, 0.4) is 0 Å². The van der Waals surface area contributed by atoms with Crippen molar-refractivity contribution in [2.75, 3.05) is 13.2 Å². The molecule has 0 aromatic carbocycles. The summed E-state index contributed by atoms with van der Waals surface area (Å²) < 4.78 is 16.9. The van der Waals surface area contributed by atoms with Crippen molar-refractivity contribution in [2.45, 2.75) is 335 Å². The van der Waals surface area contributed by atoms with Gasteiger partial charge in [-0.15, -0.1) is 0 Å². The summed E-state index contributed by atoms with van der Waals surface area (Å²) in [6.07, 6.45) is 85.9.